The van der Waals surface area contributed by atoms with Crippen molar-refractivity contribution in [2.75, 3.05) is 30.8 Å². The summed E-state index contributed by atoms with van der Waals surface area (Å²) in [5, 5.41) is 8.78. The number of ether oxygens (including phenoxy) is 1. The lowest BCUT2D eigenvalue weighted by Gasteiger charge is -2.34. The van der Waals surface area contributed by atoms with Gasteiger partial charge in [-0.3, -0.25) is 9.59 Å². The molecule has 1 aromatic rings. The SMILES string of the molecule is COC1(C(=O)Nc2ccc(NC(C)=O)cc2)CCNCC1.Cl. The van der Waals surface area contributed by atoms with Crippen molar-refractivity contribution in [1.82, 2.24) is 5.32 Å². The Labute approximate surface area is 136 Å². The second-order valence-corrected chi connectivity index (χ2v) is 5.16. The van der Waals surface area contributed by atoms with Gasteiger partial charge in [0.05, 0.1) is 0 Å². The third-order valence-electron chi connectivity index (χ3n) is 3.68. The number of amides is 2. The first-order valence-electron chi connectivity index (χ1n) is 7.01. The summed E-state index contributed by atoms with van der Waals surface area (Å²) in [7, 11) is 1.57. The van der Waals surface area contributed by atoms with Crippen molar-refractivity contribution in [3.63, 3.8) is 0 Å². The van der Waals surface area contributed by atoms with Crippen LogP contribution < -0.4 is 16.0 Å². The molecule has 0 radical (unpaired) electrons. The molecule has 22 heavy (non-hydrogen) atoms. The van der Waals surface area contributed by atoms with E-state index in [1.807, 2.05) is 0 Å². The fourth-order valence-corrected chi connectivity index (χ4v) is 2.44. The number of anilines is 2. The van der Waals surface area contributed by atoms with Crippen LogP contribution in [0.25, 0.3) is 0 Å². The Morgan fingerprint density at radius 1 is 1.09 bits per heavy atom. The molecule has 1 aromatic carbocycles. The topological polar surface area (TPSA) is 79.5 Å². The van der Waals surface area contributed by atoms with Gasteiger partial charge in [0.15, 0.2) is 0 Å². The fraction of sp³-hybridized carbons (Fsp3) is 0.467. The first-order valence-corrected chi connectivity index (χ1v) is 7.01. The molecule has 0 aromatic heterocycles. The highest BCUT2D eigenvalue weighted by Crippen LogP contribution is 2.25. The maximum Gasteiger partial charge on any atom is 0.256 e. The van der Waals surface area contributed by atoms with Crippen molar-refractivity contribution < 1.29 is 14.3 Å². The second-order valence-electron chi connectivity index (χ2n) is 5.16. The van der Waals surface area contributed by atoms with E-state index in [1.165, 1.54) is 6.92 Å². The number of rotatable bonds is 4. The summed E-state index contributed by atoms with van der Waals surface area (Å²) in [6.45, 7) is 2.99. The fourth-order valence-electron chi connectivity index (χ4n) is 2.44. The minimum atomic E-state index is -0.762. The Bertz CT molecular complexity index is 513. The number of methoxy groups -OCH3 is 1. The van der Waals surface area contributed by atoms with E-state index in [0.29, 0.717) is 24.2 Å². The van der Waals surface area contributed by atoms with Crippen LogP contribution in [-0.4, -0.2) is 37.6 Å². The molecule has 122 valence electrons. The molecular formula is C15H22ClN3O3. The van der Waals surface area contributed by atoms with Crippen molar-refractivity contribution in [2.24, 2.45) is 0 Å². The highest BCUT2D eigenvalue weighted by Gasteiger charge is 2.39. The van der Waals surface area contributed by atoms with E-state index in [4.69, 9.17) is 4.74 Å². The molecule has 1 saturated heterocycles. The van der Waals surface area contributed by atoms with Crippen molar-refractivity contribution in [1.29, 1.82) is 0 Å². The van der Waals surface area contributed by atoms with E-state index in [2.05, 4.69) is 16.0 Å². The van der Waals surface area contributed by atoms with E-state index >= 15 is 0 Å². The summed E-state index contributed by atoms with van der Waals surface area (Å²) in [5.41, 5.74) is 0.620. The summed E-state index contributed by atoms with van der Waals surface area (Å²) in [6, 6.07) is 7.01. The number of piperidine rings is 1. The van der Waals surface area contributed by atoms with Gasteiger partial charge in [-0.2, -0.15) is 0 Å². The standard InChI is InChI=1S/C15H21N3O3.ClH/c1-11(19)17-12-3-5-13(6-4-12)18-14(20)15(21-2)7-9-16-10-8-15;/h3-6,16H,7-10H2,1-2H3,(H,17,19)(H,18,20);1H. The molecule has 1 aliphatic rings. The molecule has 2 amide bonds. The van der Waals surface area contributed by atoms with E-state index in [9.17, 15) is 9.59 Å². The summed E-state index contributed by atoms with van der Waals surface area (Å²) in [6.07, 6.45) is 1.30. The molecule has 2 rings (SSSR count). The molecule has 0 bridgehead atoms. The van der Waals surface area contributed by atoms with Gasteiger partial charge >= 0.3 is 0 Å². The molecule has 0 unspecified atom stereocenters. The lowest BCUT2D eigenvalue weighted by molar-refractivity contribution is -0.140. The summed E-state index contributed by atoms with van der Waals surface area (Å²) >= 11 is 0. The zero-order chi connectivity index (χ0) is 15.3. The van der Waals surface area contributed by atoms with E-state index in [0.717, 1.165) is 13.1 Å². The van der Waals surface area contributed by atoms with Crippen LogP contribution in [0.2, 0.25) is 0 Å². The Kier molecular flexibility index (Phi) is 6.80. The van der Waals surface area contributed by atoms with Crippen LogP contribution in [-0.2, 0) is 14.3 Å². The zero-order valence-corrected chi connectivity index (χ0v) is 13.6. The molecule has 1 heterocycles. The average Bonchev–Trinajstić information content (AvgIpc) is 2.49. The Morgan fingerprint density at radius 2 is 1.59 bits per heavy atom. The van der Waals surface area contributed by atoms with Crippen LogP contribution in [0.5, 0.6) is 0 Å². The number of benzene rings is 1. The molecule has 1 aliphatic heterocycles. The quantitative estimate of drug-likeness (QED) is 0.787. The lowest BCUT2D eigenvalue weighted by atomic mass is 9.91. The third-order valence-corrected chi connectivity index (χ3v) is 3.68. The van der Waals surface area contributed by atoms with Gasteiger partial charge in [-0.25, -0.2) is 0 Å². The van der Waals surface area contributed by atoms with Crippen LogP contribution in [0.4, 0.5) is 11.4 Å². The number of carbonyl (C=O) groups excluding carboxylic acids is 2. The number of carbonyl (C=O) groups is 2. The monoisotopic (exact) mass is 327 g/mol. The van der Waals surface area contributed by atoms with Crippen molar-refractivity contribution >= 4 is 35.6 Å². The van der Waals surface area contributed by atoms with Crippen LogP contribution in [0, 0.1) is 0 Å². The van der Waals surface area contributed by atoms with Crippen LogP contribution in [0.3, 0.4) is 0 Å². The molecule has 0 aliphatic carbocycles. The molecule has 0 saturated carbocycles. The highest BCUT2D eigenvalue weighted by atomic mass is 35.5. The molecular weight excluding hydrogens is 306 g/mol. The predicted octanol–water partition coefficient (Wildman–Crippen LogP) is 1.77. The molecule has 0 atom stereocenters. The summed E-state index contributed by atoms with van der Waals surface area (Å²) in [4.78, 5) is 23.4. The van der Waals surface area contributed by atoms with Gasteiger partial charge < -0.3 is 20.7 Å². The number of halogens is 1. The maximum absolute atomic E-state index is 12.4. The van der Waals surface area contributed by atoms with E-state index < -0.39 is 5.60 Å². The van der Waals surface area contributed by atoms with Crippen molar-refractivity contribution in [3.05, 3.63) is 24.3 Å². The minimum Gasteiger partial charge on any atom is -0.368 e. The average molecular weight is 328 g/mol. The van der Waals surface area contributed by atoms with Gasteiger partial charge in [-0.05, 0) is 50.2 Å². The Balaban J connectivity index is 0.00000242. The number of hydrogen-bond donors (Lipinski definition) is 3. The first kappa shape index (κ1) is 18.4. The largest absolute Gasteiger partial charge is 0.368 e. The molecule has 3 N–H and O–H groups in total. The lowest BCUT2D eigenvalue weighted by Crippen LogP contribution is -2.51. The second kappa shape index (κ2) is 8.12. The minimum absolute atomic E-state index is 0. The van der Waals surface area contributed by atoms with E-state index in [-0.39, 0.29) is 24.2 Å². The molecule has 1 fully saturated rings. The third kappa shape index (κ3) is 4.43. The zero-order valence-electron chi connectivity index (χ0n) is 12.8. The van der Waals surface area contributed by atoms with Crippen molar-refractivity contribution in [2.45, 2.75) is 25.4 Å². The number of hydrogen-bond acceptors (Lipinski definition) is 4. The molecule has 7 heteroatoms. The van der Waals surface area contributed by atoms with E-state index in [1.54, 1.807) is 31.4 Å². The predicted molar refractivity (Wildman–Crippen MR) is 88.5 cm³/mol. The molecule has 0 spiro atoms. The summed E-state index contributed by atoms with van der Waals surface area (Å²) in [5.74, 6) is -0.251. The first-order chi connectivity index (χ1) is 10.1. The highest BCUT2D eigenvalue weighted by molar-refractivity contribution is 5.97. The van der Waals surface area contributed by atoms with Gasteiger partial charge in [-0.15, -0.1) is 12.4 Å². The van der Waals surface area contributed by atoms with Gasteiger partial charge in [0.1, 0.15) is 5.60 Å². The number of nitrogens with one attached hydrogen (secondary N) is 3. The van der Waals surface area contributed by atoms with Gasteiger partial charge in [0.25, 0.3) is 5.91 Å². The van der Waals surface area contributed by atoms with Crippen LogP contribution in [0.1, 0.15) is 19.8 Å². The van der Waals surface area contributed by atoms with Gasteiger partial charge in [0.2, 0.25) is 5.91 Å². The van der Waals surface area contributed by atoms with Gasteiger partial charge in [0, 0.05) is 25.4 Å². The van der Waals surface area contributed by atoms with Crippen LogP contribution >= 0.6 is 12.4 Å². The smallest absolute Gasteiger partial charge is 0.256 e. The van der Waals surface area contributed by atoms with Crippen molar-refractivity contribution in [3.8, 4) is 0 Å². The maximum atomic E-state index is 12.4. The van der Waals surface area contributed by atoms with Crippen LogP contribution in [0.15, 0.2) is 24.3 Å². The Hall–Kier alpha value is -1.63. The normalized spacial score (nSPS) is 16.3. The molecule has 6 nitrogen and oxygen atoms in total. The van der Waals surface area contributed by atoms with Gasteiger partial charge in [-0.1, -0.05) is 0 Å². The Morgan fingerprint density at radius 3 is 2.05 bits per heavy atom. The summed E-state index contributed by atoms with van der Waals surface area (Å²) < 4.78 is 5.48.